The van der Waals surface area contributed by atoms with Crippen LogP contribution in [-0.2, 0) is 40.0 Å². The van der Waals surface area contributed by atoms with Gasteiger partial charge in [0.1, 0.15) is 37.3 Å². The molecule has 51 heavy (non-hydrogen) atoms. The largest absolute Gasteiger partial charge is 0.479 e. The van der Waals surface area contributed by atoms with E-state index in [9.17, 15) is 34.8 Å². The van der Waals surface area contributed by atoms with Crippen molar-refractivity contribution in [1.82, 2.24) is 5.32 Å². The van der Waals surface area contributed by atoms with Gasteiger partial charge in [-0.15, -0.1) is 0 Å². The number of nitrogens with one attached hydrogen (secondary N) is 1. The van der Waals surface area contributed by atoms with E-state index in [1.54, 1.807) is 0 Å². The molecule has 1 aromatic carbocycles. The van der Waals surface area contributed by atoms with Crippen LogP contribution < -0.4 is 10.1 Å². The molecule has 0 spiro atoms. The average Bonchev–Trinajstić information content (AvgIpc) is 3.09. The molecule has 1 fully saturated rings. The zero-order valence-electron chi connectivity index (χ0n) is 30.2. The Morgan fingerprint density at radius 2 is 1.57 bits per heavy atom. The van der Waals surface area contributed by atoms with E-state index < -0.39 is 48.6 Å². The maximum atomic E-state index is 13.1. The molecule has 15 nitrogen and oxygen atoms in total. The molecular weight excluding hydrogens is 668 g/mol. The molecule has 5 atom stereocenters. The molecule has 0 bridgehead atoms. The van der Waals surface area contributed by atoms with Gasteiger partial charge in [0.2, 0.25) is 6.29 Å². The van der Waals surface area contributed by atoms with Crippen LogP contribution in [-0.4, -0.2) is 114 Å². The van der Waals surface area contributed by atoms with Gasteiger partial charge in [0.05, 0.1) is 37.7 Å². The van der Waals surface area contributed by atoms with E-state index in [2.05, 4.69) is 43.4 Å². The predicted molar refractivity (Wildman–Crippen MR) is 186 cm³/mol. The predicted octanol–water partition coefficient (Wildman–Crippen LogP) is 3.04. The van der Waals surface area contributed by atoms with Gasteiger partial charge in [-0.25, -0.2) is 4.79 Å². The summed E-state index contributed by atoms with van der Waals surface area (Å²) in [6.07, 6.45) is 0.254. The number of ether oxygens (including phenoxy) is 5. The van der Waals surface area contributed by atoms with Gasteiger partial charge in [0.15, 0.2) is 6.10 Å². The van der Waals surface area contributed by atoms with Crippen LogP contribution in [0.5, 0.6) is 5.75 Å². The quantitative estimate of drug-likeness (QED) is 0.0362. The van der Waals surface area contributed by atoms with Crippen molar-refractivity contribution in [2.24, 2.45) is 5.16 Å². The second-order valence-corrected chi connectivity index (χ2v) is 12.2. The SMILES string of the molecule is CC/C=C(\C)CC/C=C(\C)CC/C(C)=N/OCCOCCOCCNC(=O)c1cc(COC(C)=O)ccc1O[C@@H]1O[C@H](C(=O)O)[C@@H](O)[C@H](O)[C@H]1O. The lowest BCUT2D eigenvalue weighted by atomic mass is 9.99. The van der Waals surface area contributed by atoms with Crippen molar-refractivity contribution in [1.29, 1.82) is 0 Å². The molecule has 1 aliphatic rings. The van der Waals surface area contributed by atoms with E-state index in [0.717, 1.165) is 37.8 Å². The molecule has 0 unspecified atom stereocenters. The van der Waals surface area contributed by atoms with Crippen LogP contribution >= 0.6 is 0 Å². The Kier molecular flexibility index (Phi) is 20.0. The number of aliphatic carboxylic acids is 1. The molecular formula is C36H54N2O13. The summed E-state index contributed by atoms with van der Waals surface area (Å²) in [6, 6.07) is 4.22. The van der Waals surface area contributed by atoms with Crippen LogP contribution in [0.1, 0.15) is 82.6 Å². The number of hydrogen-bond acceptors (Lipinski definition) is 13. The first kappa shape index (κ1) is 43.3. The number of carbonyl (C=O) groups is 3. The molecule has 0 saturated carbocycles. The van der Waals surface area contributed by atoms with Crippen molar-refractivity contribution in [2.45, 2.75) is 104 Å². The monoisotopic (exact) mass is 722 g/mol. The van der Waals surface area contributed by atoms with E-state index in [1.165, 1.54) is 36.3 Å². The highest BCUT2D eigenvalue weighted by molar-refractivity contribution is 5.97. The van der Waals surface area contributed by atoms with Crippen LogP contribution in [0.25, 0.3) is 0 Å². The van der Waals surface area contributed by atoms with Crippen molar-refractivity contribution in [3.05, 3.63) is 52.6 Å². The third-order valence-corrected chi connectivity index (χ3v) is 7.70. The van der Waals surface area contributed by atoms with Crippen LogP contribution in [0, 0.1) is 0 Å². The van der Waals surface area contributed by atoms with Crippen molar-refractivity contribution < 1.29 is 63.3 Å². The van der Waals surface area contributed by atoms with E-state index in [-0.39, 0.29) is 37.7 Å². The molecule has 0 aliphatic carbocycles. The van der Waals surface area contributed by atoms with Gasteiger partial charge in [-0.2, -0.15) is 0 Å². The summed E-state index contributed by atoms with van der Waals surface area (Å²) in [5, 5.41) is 46.6. The average molecular weight is 723 g/mol. The minimum Gasteiger partial charge on any atom is -0.479 e. The second-order valence-electron chi connectivity index (χ2n) is 12.2. The summed E-state index contributed by atoms with van der Waals surface area (Å²) < 4.78 is 26.8. The zero-order valence-corrected chi connectivity index (χ0v) is 30.2. The number of benzene rings is 1. The minimum atomic E-state index is -1.91. The molecule has 1 saturated heterocycles. The van der Waals surface area contributed by atoms with Gasteiger partial charge in [-0.1, -0.05) is 41.4 Å². The number of oxime groups is 1. The number of carboxylic acid groups (broad SMARTS) is 1. The Morgan fingerprint density at radius 1 is 0.882 bits per heavy atom. The first-order chi connectivity index (χ1) is 24.3. The summed E-state index contributed by atoms with van der Waals surface area (Å²) in [7, 11) is 0. The number of amides is 1. The van der Waals surface area contributed by atoms with Crippen LogP contribution in [0.3, 0.4) is 0 Å². The van der Waals surface area contributed by atoms with Crippen molar-refractivity contribution in [3.63, 3.8) is 0 Å². The summed E-state index contributed by atoms with van der Waals surface area (Å²) in [5.41, 5.74) is 4.06. The lowest BCUT2D eigenvalue weighted by Gasteiger charge is -2.38. The number of allylic oxidation sites excluding steroid dienone is 4. The number of aliphatic hydroxyl groups excluding tert-OH is 3. The number of carbonyl (C=O) groups excluding carboxylic acids is 2. The van der Waals surface area contributed by atoms with Gasteiger partial charge >= 0.3 is 11.9 Å². The smallest absolute Gasteiger partial charge is 0.335 e. The van der Waals surface area contributed by atoms with Crippen LogP contribution in [0.2, 0.25) is 0 Å². The third kappa shape index (κ3) is 16.4. The standard InChI is InChI=1S/C36H54N2O13/c1-6-8-23(2)9-7-10-24(3)11-12-25(4)38-49-20-19-47-18-17-46-16-15-37-34(43)28-21-27(22-48-26(5)39)13-14-29(28)50-36-32(42)30(40)31(41)33(51-36)35(44)45/h8,10,13-14,21,30-33,36,40-42H,6-7,9,11-12,15-20,22H2,1-5H3,(H,37,43)(H,44,45)/b23-8+,24-10+,38-25+/t30-,31-,32+,33-,36+/m0/s1. The molecule has 2 rings (SSSR count). The van der Waals surface area contributed by atoms with Gasteiger partial charge < -0.3 is 54.3 Å². The molecule has 1 amide bonds. The van der Waals surface area contributed by atoms with E-state index in [0.29, 0.717) is 25.4 Å². The first-order valence-electron chi connectivity index (χ1n) is 17.1. The fraction of sp³-hybridized carbons (Fsp3) is 0.611. The highest BCUT2D eigenvalue weighted by Gasteiger charge is 2.48. The molecule has 1 aliphatic heterocycles. The third-order valence-electron chi connectivity index (χ3n) is 7.70. The Hall–Kier alpha value is -3.86. The molecule has 5 N–H and O–H groups in total. The molecule has 15 heteroatoms. The number of esters is 1. The van der Waals surface area contributed by atoms with E-state index in [1.807, 2.05) is 6.92 Å². The summed E-state index contributed by atoms with van der Waals surface area (Å²) in [6.45, 7) is 10.9. The minimum absolute atomic E-state index is 0.0543. The lowest BCUT2D eigenvalue weighted by molar-refractivity contribution is -0.271. The number of carboxylic acids is 1. The van der Waals surface area contributed by atoms with Crippen molar-refractivity contribution in [2.75, 3.05) is 39.6 Å². The van der Waals surface area contributed by atoms with Gasteiger partial charge in [-0.05, 0) is 70.6 Å². The van der Waals surface area contributed by atoms with Crippen LogP contribution in [0.4, 0.5) is 0 Å². The highest BCUT2D eigenvalue weighted by atomic mass is 16.7. The number of nitrogens with zero attached hydrogens (tertiary/aromatic N) is 1. The van der Waals surface area contributed by atoms with Crippen LogP contribution in [0.15, 0.2) is 46.7 Å². The Balaban J connectivity index is 1.74. The van der Waals surface area contributed by atoms with Gasteiger partial charge in [-0.3, -0.25) is 9.59 Å². The number of hydrogen-bond donors (Lipinski definition) is 5. The number of rotatable bonds is 23. The molecule has 0 aromatic heterocycles. The molecule has 286 valence electrons. The van der Waals surface area contributed by atoms with E-state index in [4.69, 9.17) is 28.5 Å². The highest BCUT2D eigenvalue weighted by Crippen LogP contribution is 2.28. The lowest BCUT2D eigenvalue weighted by Crippen LogP contribution is -2.61. The Bertz CT molecular complexity index is 1350. The Labute approximate surface area is 299 Å². The fourth-order valence-corrected chi connectivity index (χ4v) is 4.84. The molecule has 1 heterocycles. The Morgan fingerprint density at radius 3 is 2.25 bits per heavy atom. The zero-order chi connectivity index (χ0) is 37.8. The maximum Gasteiger partial charge on any atom is 0.335 e. The second kappa shape index (κ2) is 23.6. The molecule has 0 radical (unpaired) electrons. The van der Waals surface area contributed by atoms with Gasteiger partial charge in [0.25, 0.3) is 5.91 Å². The van der Waals surface area contributed by atoms with Gasteiger partial charge in [0, 0.05) is 13.5 Å². The fourth-order valence-electron chi connectivity index (χ4n) is 4.84. The summed E-state index contributed by atoms with van der Waals surface area (Å²) in [4.78, 5) is 41.2. The summed E-state index contributed by atoms with van der Waals surface area (Å²) in [5.74, 6) is -2.86. The first-order valence-corrected chi connectivity index (χ1v) is 17.1. The normalized spacial score (nSPS) is 21.3. The maximum absolute atomic E-state index is 13.1. The topological polar surface area (TPSA) is 212 Å². The summed E-state index contributed by atoms with van der Waals surface area (Å²) >= 11 is 0. The van der Waals surface area contributed by atoms with Crippen molar-refractivity contribution >= 4 is 23.6 Å². The van der Waals surface area contributed by atoms with Crippen molar-refractivity contribution in [3.8, 4) is 5.75 Å². The molecule has 1 aromatic rings. The van der Waals surface area contributed by atoms with E-state index >= 15 is 0 Å². The number of aliphatic hydroxyl groups is 3.